The van der Waals surface area contributed by atoms with Crippen LogP contribution in [-0.2, 0) is 0 Å². The lowest BCUT2D eigenvalue weighted by Gasteiger charge is -2.11. The zero-order valence-corrected chi connectivity index (χ0v) is 10.1. The fourth-order valence-electron chi connectivity index (χ4n) is 1.70. The molecular formula is C14H12N4O. The molecule has 2 aromatic carbocycles. The molecule has 0 radical (unpaired) electrons. The minimum absolute atomic E-state index is 0.344. The van der Waals surface area contributed by atoms with Crippen molar-refractivity contribution in [3.8, 4) is 6.07 Å². The third-order valence-electron chi connectivity index (χ3n) is 2.58. The number of carbonyl (C=O) groups is 1. The summed E-state index contributed by atoms with van der Waals surface area (Å²) in [6, 6.07) is 13.7. The van der Waals surface area contributed by atoms with Crippen molar-refractivity contribution in [2.45, 2.75) is 0 Å². The second-order valence-corrected chi connectivity index (χ2v) is 3.99. The maximum atomic E-state index is 11.3. The lowest BCUT2D eigenvalue weighted by atomic mass is 10.1. The molecule has 0 fully saturated rings. The maximum absolute atomic E-state index is 11.3. The summed E-state index contributed by atoms with van der Waals surface area (Å²) < 4.78 is 0. The largest absolute Gasteiger partial charge is 0.399 e. The van der Waals surface area contributed by atoms with Crippen LogP contribution in [0.1, 0.15) is 15.9 Å². The minimum atomic E-state index is -0.543. The van der Waals surface area contributed by atoms with E-state index >= 15 is 0 Å². The highest BCUT2D eigenvalue weighted by atomic mass is 16.1. The number of rotatable bonds is 3. The number of nitrogen functional groups attached to an aromatic ring is 1. The summed E-state index contributed by atoms with van der Waals surface area (Å²) in [5.74, 6) is -0.543. The number of hydrogen-bond donors (Lipinski definition) is 3. The second kappa shape index (κ2) is 5.10. The number of nitriles is 1. The van der Waals surface area contributed by atoms with Crippen LogP contribution in [0.15, 0.2) is 42.5 Å². The Morgan fingerprint density at radius 2 is 2.00 bits per heavy atom. The van der Waals surface area contributed by atoms with Crippen LogP contribution in [-0.4, -0.2) is 5.91 Å². The maximum Gasteiger partial charge on any atom is 0.250 e. The fraction of sp³-hybridized carbons (Fsp3) is 0. The first kappa shape index (κ1) is 12.5. The van der Waals surface area contributed by atoms with E-state index in [2.05, 4.69) is 5.32 Å². The van der Waals surface area contributed by atoms with Gasteiger partial charge in [-0.2, -0.15) is 5.26 Å². The van der Waals surface area contributed by atoms with Gasteiger partial charge in [0, 0.05) is 11.4 Å². The summed E-state index contributed by atoms with van der Waals surface area (Å²) in [7, 11) is 0. The number of carbonyl (C=O) groups excluding carboxylic acids is 1. The zero-order chi connectivity index (χ0) is 13.8. The molecule has 5 heteroatoms. The van der Waals surface area contributed by atoms with Crippen LogP contribution in [0.3, 0.4) is 0 Å². The SMILES string of the molecule is N#Cc1cccc(Nc2cc(N)ccc2C(N)=O)c1. The lowest BCUT2D eigenvalue weighted by molar-refractivity contribution is 0.100. The molecule has 0 atom stereocenters. The molecular weight excluding hydrogens is 240 g/mol. The number of amides is 1. The number of benzene rings is 2. The Bertz CT molecular complexity index is 673. The van der Waals surface area contributed by atoms with E-state index in [1.807, 2.05) is 6.07 Å². The molecule has 94 valence electrons. The number of nitrogens with one attached hydrogen (secondary N) is 1. The Morgan fingerprint density at radius 3 is 2.68 bits per heavy atom. The average molecular weight is 252 g/mol. The summed E-state index contributed by atoms with van der Waals surface area (Å²) in [6.45, 7) is 0. The molecule has 19 heavy (non-hydrogen) atoms. The molecule has 2 aromatic rings. The molecule has 0 heterocycles. The van der Waals surface area contributed by atoms with Crippen LogP contribution in [0.5, 0.6) is 0 Å². The van der Waals surface area contributed by atoms with Crippen molar-refractivity contribution in [3.63, 3.8) is 0 Å². The Labute approximate surface area is 110 Å². The van der Waals surface area contributed by atoms with Gasteiger partial charge in [0.25, 0.3) is 5.91 Å². The molecule has 5 N–H and O–H groups in total. The first-order valence-corrected chi connectivity index (χ1v) is 5.56. The van der Waals surface area contributed by atoms with Crippen molar-refractivity contribution in [2.24, 2.45) is 5.73 Å². The number of nitrogens with zero attached hydrogens (tertiary/aromatic N) is 1. The van der Waals surface area contributed by atoms with E-state index in [1.54, 1.807) is 42.5 Å². The van der Waals surface area contributed by atoms with Crippen molar-refractivity contribution in [1.82, 2.24) is 0 Å². The first-order chi connectivity index (χ1) is 9.10. The van der Waals surface area contributed by atoms with E-state index < -0.39 is 5.91 Å². The fourth-order valence-corrected chi connectivity index (χ4v) is 1.70. The van der Waals surface area contributed by atoms with Gasteiger partial charge in [0.15, 0.2) is 0 Å². The molecule has 0 aliphatic rings. The highest BCUT2D eigenvalue weighted by Crippen LogP contribution is 2.23. The summed E-state index contributed by atoms with van der Waals surface area (Å²) in [4.78, 5) is 11.3. The van der Waals surface area contributed by atoms with Gasteiger partial charge in [-0.15, -0.1) is 0 Å². The van der Waals surface area contributed by atoms with Crippen molar-refractivity contribution in [2.75, 3.05) is 11.1 Å². The van der Waals surface area contributed by atoms with Crippen molar-refractivity contribution in [3.05, 3.63) is 53.6 Å². The average Bonchev–Trinajstić information content (AvgIpc) is 2.38. The summed E-state index contributed by atoms with van der Waals surface area (Å²) in [6.07, 6.45) is 0. The van der Waals surface area contributed by atoms with E-state index in [0.717, 1.165) is 0 Å². The van der Waals surface area contributed by atoms with Crippen LogP contribution in [0.25, 0.3) is 0 Å². The van der Waals surface area contributed by atoms with Crippen molar-refractivity contribution < 1.29 is 4.79 Å². The summed E-state index contributed by atoms with van der Waals surface area (Å²) >= 11 is 0. The third-order valence-corrected chi connectivity index (χ3v) is 2.58. The lowest BCUT2D eigenvalue weighted by Crippen LogP contribution is -2.13. The van der Waals surface area contributed by atoms with Gasteiger partial charge in [-0.3, -0.25) is 4.79 Å². The summed E-state index contributed by atoms with van der Waals surface area (Å²) in [5.41, 5.74) is 13.6. The summed E-state index contributed by atoms with van der Waals surface area (Å²) in [5, 5.41) is 11.9. The Balaban J connectivity index is 2.40. The second-order valence-electron chi connectivity index (χ2n) is 3.99. The molecule has 0 spiro atoms. The Kier molecular flexibility index (Phi) is 3.35. The predicted molar refractivity (Wildman–Crippen MR) is 73.8 cm³/mol. The molecule has 0 aromatic heterocycles. The molecule has 1 amide bonds. The van der Waals surface area contributed by atoms with E-state index in [0.29, 0.717) is 28.2 Å². The van der Waals surface area contributed by atoms with Crippen LogP contribution < -0.4 is 16.8 Å². The van der Waals surface area contributed by atoms with E-state index in [1.165, 1.54) is 0 Å². The smallest absolute Gasteiger partial charge is 0.250 e. The molecule has 0 aliphatic heterocycles. The topological polar surface area (TPSA) is 105 Å². The highest BCUT2D eigenvalue weighted by Gasteiger charge is 2.08. The minimum Gasteiger partial charge on any atom is -0.399 e. The standard InChI is InChI=1S/C14H12N4O/c15-8-9-2-1-3-11(6-9)18-13-7-10(16)4-5-12(13)14(17)19/h1-7,18H,16H2,(H2,17,19). The first-order valence-electron chi connectivity index (χ1n) is 5.56. The molecule has 0 saturated heterocycles. The normalized spacial score (nSPS) is 9.63. The van der Waals surface area contributed by atoms with E-state index in [-0.39, 0.29) is 0 Å². The number of anilines is 3. The molecule has 0 saturated carbocycles. The number of hydrogen-bond acceptors (Lipinski definition) is 4. The molecule has 0 bridgehead atoms. The van der Waals surface area contributed by atoms with Crippen molar-refractivity contribution >= 4 is 23.0 Å². The third kappa shape index (κ3) is 2.82. The van der Waals surface area contributed by atoms with Crippen LogP contribution in [0.2, 0.25) is 0 Å². The molecule has 0 aliphatic carbocycles. The van der Waals surface area contributed by atoms with Gasteiger partial charge in [-0.1, -0.05) is 6.07 Å². The van der Waals surface area contributed by atoms with Gasteiger partial charge >= 0.3 is 0 Å². The van der Waals surface area contributed by atoms with E-state index in [9.17, 15) is 4.79 Å². The van der Waals surface area contributed by atoms with Crippen LogP contribution >= 0.6 is 0 Å². The number of primary amides is 1. The van der Waals surface area contributed by atoms with Gasteiger partial charge in [-0.25, -0.2) is 0 Å². The highest BCUT2D eigenvalue weighted by molar-refractivity contribution is 5.99. The van der Waals surface area contributed by atoms with Crippen LogP contribution in [0, 0.1) is 11.3 Å². The number of nitrogens with two attached hydrogens (primary N) is 2. The molecule has 0 unspecified atom stereocenters. The van der Waals surface area contributed by atoms with Gasteiger partial charge in [-0.05, 0) is 36.4 Å². The molecule has 2 rings (SSSR count). The van der Waals surface area contributed by atoms with Gasteiger partial charge in [0.05, 0.1) is 22.9 Å². The Hall–Kier alpha value is -3.00. The molecule has 5 nitrogen and oxygen atoms in total. The quantitative estimate of drug-likeness (QED) is 0.726. The Morgan fingerprint density at radius 1 is 1.21 bits per heavy atom. The van der Waals surface area contributed by atoms with Crippen molar-refractivity contribution in [1.29, 1.82) is 5.26 Å². The van der Waals surface area contributed by atoms with Gasteiger partial charge in [0.1, 0.15) is 0 Å². The van der Waals surface area contributed by atoms with Gasteiger partial charge < -0.3 is 16.8 Å². The monoisotopic (exact) mass is 252 g/mol. The van der Waals surface area contributed by atoms with E-state index in [4.69, 9.17) is 16.7 Å². The zero-order valence-electron chi connectivity index (χ0n) is 10.1. The predicted octanol–water partition coefficient (Wildman–Crippen LogP) is 1.98. The van der Waals surface area contributed by atoms with Crippen LogP contribution in [0.4, 0.5) is 17.1 Å². The van der Waals surface area contributed by atoms with Gasteiger partial charge in [0.2, 0.25) is 0 Å².